The van der Waals surface area contributed by atoms with Crippen LogP contribution in [-0.4, -0.2) is 51.0 Å². The second-order valence-corrected chi connectivity index (χ2v) is 12.1. The number of benzene rings is 1. The van der Waals surface area contributed by atoms with E-state index in [-0.39, 0.29) is 70.9 Å². The van der Waals surface area contributed by atoms with E-state index in [2.05, 4.69) is 22.6 Å². The lowest BCUT2D eigenvalue weighted by Crippen LogP contribution is -2.55. The van der Waals surface area contributed by atoms with Crippen molar-refractivity contribution in [3.8, 4) is 29.1 Å². The number of anilines is 2. The maximum atomic E-state index is 16.3. The molecule has 47 heavy (non-hydrogen) atoms. The Morgan fingerprint density at radius 1 is 1.21 bits per heavy atom. The van der Waals surface area contributed by atoms with Crippen molar-refractivity contribution in [3.05, 3.63) is 85.9 Å². The average Bonchev–Trinajstić information content (AvgIpc) is 3.04. The number of carbonyl (C=O) groups is 1. The van der Waals surface area contributed by atoms with Gasteiger partial charge in [0, 0.05) is 31.2 Å². The molecule has 1 aliphatic heterocycles. The standard InChI is InChI=1S/C33H28Cl2F2N8O2/c1-5-24(46)44-11-10-43(15-18(44)6-8-38)31-19-12-23(36)29(25-26(37)21(34)13-22(35)27(25)40)42-32(19)45(33(47)20(31)14-39)30-17(4)7-9-41-28(30)16(2)3/h5,7,9,12-13,16,18H,1,6,10-11,15,40H2,2-4H3. The van der Waals surface area contributed by atoms with Crippen molar-refractivity contribution in [2.75, 3.05) is 30.3 Å². The maximum Gasteiger partial charge on any atom is 0.276 e. The van der Waals surface area contributed by atoms with Crippen LogP contribution in [0.5, 0.6) is 0 Å². The van der Waals surface area contributed by atoms with E-state index in [1.165, 1.54) is 9.47 Å². The largest absolute Gasteiger partial charge is 0.397 e. The van der Waals surface area contributed by atoms with Crippen molar-refractivity contribution in [1.29, 1.82) is 10.5 Å². The van der Waals surface area contributed by atoms with Crippen molar-refractivity contribution >= 4 is 51.5 Å². The van der Waals surface area contributed by atoms with Gasteiger partial charge in [0.2, 0.25) is 5.91 Å². The molecule has 14 heteroatoms. The first kappa shape index (κ1) is 33.3. The first-order valence-electron chi connectivity index (χ1n) is 14.5. The summed E-state index contributed by atoms with van der Waals surface area (Å²) in [6.45, 7) is 9.34. The van der Waals surface area contributed by atoms with Gasteiger partial charge in [-0.3, -0.25) is 19.1 Å². The quantitative estimate of drug-likeness (QED) is 0.148. The van der Waals surface area contributed by atoms with Crippen molar-refractivity contribution < 1.29 is 13.6 Å². The van der Waals surface area contributed by atoms with E-state index in [4.69, 9.17) is 28.9 Å². The molecule has 4 aromatic rings. The molecule has 1 fully saturated rings. The molecule has 0 radical (unpaired) electrons. The second-order valence-electron chi connectivity index (χ2n) is 11.3. The number of pyridine rings is 3. The minimum absolute atomic E-state index is 0.0401. The Kier molecular flexibility index (Phi) is 9.21. The maximum absolute atomic E-state index is 16.3. The van der Waals surface area contributed by atoms with Gasteiger partial charge in [-0.25, -0.2) is 13.8 Å². The van der Waals surface area contributed by atoms with Gasteiger partial charge in [-0.15, -0.1) is 0 Å². The van der Waals surface area contributed by atoms with Crippen molar-refractivity contribution in [1.82, 2.24) is 19.4 Å². The third kappa shape index (κ3) is 5.64. The Bertz CT molecular complexity index is 2090. The van der Waals surface area contributed by atoms with Gasteiger partial charge in [0.05, 0.1) is 56.9 Å². The molecule has 0 saturated carbocycles. The molecule has 240 valence electrons. The smallest absolute Gasteiger partial charge is 0.276 e. The number of hydrogen-bond acceptors (Lipinski definition) is 8. The number of halogens is 4. The predicted octanol–water partition coefficient (Wildman–Crippen LogP) is 6.04. The number of rotatable bonds is 6. The summed E-state index contributed by atoms with van der Waals surface area (Å²) in [5.41, 5.74) is 5.02. The van der Waals surface area contributed by atoms with Gasteiger partial charge in [0.1, 0.15) is 17.3 Å². The van der Waals surface area contributed by atoms with Crippen molar-refractivity contribution in [2.45, 2.75) is 39.2 Å². The van der Waals surface area contributed by atoms with E-state index >= 15 is 8.78 Å². The SMILES string of the molecule is C=CC(=O)N1CCN(c2c(C#N)c(=O)n(-c3c(C)ccnc3C(C)C)c3nc(-c4c(N)c(Cl)cc(Cl)c4F)c(F)cc23)CC1CC#N. The molecule has 1 atom stereocenters. The molecule has 4 heterocycles. The highest BCUT2D eigenvalue weighted by atomic mass is 35.5. The van der Waals surface area contributed by atoms with Gasteiger partial charge in [0.25, 0.3) is 5.56 Å². The normalized spacial score (nSPS) is 14.7. The highest BCUT2D eigenvalue weighted by molar-refractivity contribution is 6.37. The predicted molar refractivity (Wildman–Crippen MR) is 177 cm³/mol. The van der Waals surface area contributed by atoms with Crippen LogP contribution in [0.25, 0.3) is 28.0 Å². The zero-order valence-corrected chi connectivity index (χ0v) is 27.1. The molecule has 0 aliphatic carbocycles. The highest BCUT2D eigenvalue weighted by Crippen LogP contribution is 2.41. The minimum Gasteiger partial charge on any atom is -0.397 e. The van der Waals surface area contributed by atoms with E-state index in [1.54, 1.807) is 24.1 Å². The van der Waals surface area contributed by atoms with Gasteiger partial charge >= 0.3 is 0 Å². The molecule has 1 amide bonds. The molecule has 1 unspecified atom stereocenters. The Balaban J connectivity index is 1.93. The number of aromatic nitrogens is 3. The Hall–Kier alpha value is -5.04. The molecule has 1 aromatic carbocycles. The monoisotopic (exact) mass is 676 g/mol. The van der Waals surface area contributed by atoms with Crippen LogP contribution in [0.3, 0.4) is 0 Å². The van der Waals surface area contributed by atoms with Crippen LogP contribution in [-0.2, 0) is 4.79 Å². The molecule has 1 saturated heterocycles. The number of nitriles is 2. The first-order valence-corrected chi connectivity index (χ1v) is 15.2. The minimum atomic E-state index is -1.06. The third-order valence-electron chi connectivity index (χ3n) is 8.14. The molecule has 5 rings (SSSR count). The van der Waals surface area contributed by atoms with Crippen molar-refractivity contribution in [3.63, 3.8) is 0 Å². The number of piperazine rings is 1. The fraction of sp³-hybridized carbons (Fsp3) is 0.273. The van der Waals surface area contributed by atoms with Gasteiger partial charge in [-0.05, 0) is 42.7 Å². The number of fused-ring (bicyclic) bond motifs is 1. The molecule has 1 aliphatic rings. The summed E-state index contributed by atoms with van der Waals surface area (Å²) in [6.07, 6.45) is 2.68. The van der Waals surface area contributed by atoms with Crippen LogP contribution >= 0.6 is 23.2 Å². The van der Waals surface area contributed by atoms with Gasteiger partial charge < -0.3 is 15.5 Å². The lowest BCUT2D eigenvalue weighted by Gasteiger charge is -2.41. The van der Waals surface area contributed by atoms with Crippen LogP contribution in [0.1, 0.15) is 43.0 Å². The molecule has 0 spiro atoms. The van der Waals surface area contributed by atoms with Crippen molar-refractivity contribution in [2.24, 2.45) is 0 Å². The first-order chi connectivity index (χ1) is 22.4. The third-order valence-corrected chi connectivity index (χ3v) is 8.73. The number of hydrogen-bond donors (Lipinski definition) is 1. The lowest BCUT2D eigenvalue weighted by molar-refractivity contribution is -0.128. The van der Waals surface area contributed by atoms with E-state index in [9.17, 15) is 20.1 Å². The van der Waals surface area contributed by atoms with Gasteiger partial charge in [-0.2, -0.15) is 10.5 Å². The molecular weight excluding hydrogens is 649 g/mol. The van der Waals surface area contributed by atoms with E-state index in [0.29, 0.717) is 16.9 Å². The van der Waals surface area contributed by atoms with E-state index in [1.807, 2.05) is 19.9 Å². The zero-order valence-electron chi connectivity index (χ0n) is 25.6. The summed E-state index contributed by atoms with van der Waals surface area (Å²) in [4.78, 5) is 39.2. The van der Waals surface area contributed by atoms with Gasteiger partial charge in [0.15, 0.2) is 17.3 Å². The molecule has 0 bridgehead atoms. The van der Waals surface area contributed by atoms with Crippen LogP contribution < -0.4 is 16.2 Å². The van der Waals surface area contributed by atoms with Crippen LogP contribution in [0.2, 0.25) is 10.0 Å². The summed E-state index contributed by atoms with van der Waals surface area (Å²) >= 11 is 12.3. The summed E-state index contributed by atoms with van der Waals surface area (Å²) < 4.78 is 33.0. The van der Waals surface area contributed by atoms with Gasteiger partial charge in [-0.1, -0.05) is 43.6 Å². The zero-order chi connectivity index (χ0) is 34.3. The summed E-state index contributed by atoms with van der Waals surface area (Å²) in [6, 6.07) is 7.27. The number of nitrogens with zero attached hydrogens (tertiary/aromatic N) is 7. The number of amides is 1. The van der Waals surface area contributed by atoms with Crippen LogP contribution in [0, 0.1) is 41.2 Å². The second kappa shape index (κ2) is 13.0. The Morgan fingerprint density at radius 3 is 2.57 bits per heavy atom. The fourth-order valence-corrected chi connectivity index (χ4v) is 6.41. The molecular formula is C33H28Cl2F2N8O2. The van der Waals surface area contributed by atoms with Crippen LogP contribution in [0.4, 0.5) is 20.2 Å². The highest BCUT2D eigenvalue weighted by Gasteiger charge is 2.34. The average molecular weight is 678 g/mol. The number of nitrogens with two attached hydrogens (primary N) is 1. The summed E-state index contributed by atoms with van der Waals surface area (Å²) in [7, 11) is 0. The lowest BCUT2D eigenvalue weighted by atomic mass is 10.0. The number of nitrogen functional groups attached to an aromatic ring is 1. The summed E-state index contributed by atoms with van der Waals surface area (Å²) in [5, 5.41) is 19.5. The fourth-order valence-electron chi connectivity index (χ4n) is 5.95. The van der Waals surface area contributed by atoms with Crippen LogP contribution in [0.15, 0.2) is 41.8 Å². The molecule has 2 N–H and O–H groups in total. The Morgan fingerprint density at radius 2 is 1.94 bits per heavy atom. The molecule has 10 nitrogen and oxygen atoms in total. The Labute approximate surface area is 278 Å². The topological polar surface area (TPSA) is 145 Å². The summed E-state index contributed by atoms with van der Waals surface area (Å²) in [5.74, 6) is -2.67. The van der Waals surface area contributed by atoms with E-state index < -0.39 is 39.5 Å². The molecule has 3 aromatic heterocycles. The number of aryl methyl sites for hydroxylation is 1. The number of carbonyl (C=O) groups excluding carboxylic acids is 1. The van der Waals surface area contributed by atoms with E-state index in [0.717, 1.165) is 18.2 Å².